The van der Waals surface area contributed by atoms with Crippen molar-refractivity contribution in [2.45, 2.75) is 6.23 Å². The molecule has 0 bridgehead atoms. The standard InChI is InChI=1S/C13H14N2O/c14-13(16)11-8-4-5-9-12(11)15-10-6-2-1-3-7-10/h1-9,13,15-16H,14H2. The van der Waals surface area contributed by atoms with E-state index in [2.05, 4.69) is 5.32 Å². The predicted molar refractivity (Wildman–Crippen MR) is 65.3 cm³/mol. The van der Waals surface area contributed by atoms with Crippen molar-refractivity contribution in [2.75, 3.05) is 5.32 Å². The van der Waals surface area contributed by atoms with Gasteiger partial charge in [0.15, 0.2) is 0 Å². The van der Waals surface area contributed by atoms with Crippen LogP contribution in [0.3, 0.4) is 0 Å². The molecule has 4 N–H and O–H groups in total. The number of para-hydroxylation sites is 2. The Morgan fingerprint density at radius 3 is 2.25 bits per heavy atom. The highest BCUT2D eigenvalue weighted by Crippen LogP contribution is 2.23. The molecule has 82 valence electrons. The molecule has 0 saturated carbocycles. The Balaban J connectivity index is 2.28. The summed E-state index contributed by atoms with van der Waals surface area (Å²) in [7, 11) is 0. The average Bonchev–Trinajstić information content (AvgIpc) is 2.31. The molecule has 2 rings (SSSR count). The second-order valence-electron chi connectivity index (χ2n) is 3.52. The van der Waals surface area contributed by atoms with Gasteiger partial charge in [0, 0.05) is 16.9 Å². The number of hydrogen-bond donors (Lipinski definition) is 3. The zero-order valence-corrected chi connectivity index (χ0v) is 8.80. The van der Waals surface area contributed by atoms with Crippen LogP contribution in [0.1, 0.15) is 11.8 Å². The zero-order chi connectivity index (χ0) is 11.4. The first-order chi connectivity index (χ1) is 7.77. The molecule has 3 nitrogen and oxygen atoms in total. The molecule has 0 spiro atoms. The number of hydrogen-bond acceptors (Lipinski definition) is 3. The lowest BCUT2D eigenvalue weighted by molar-refractivity contribution is 0.187. The van der Waals surface area contributed by atoms with Crippen LogP contribution in [0.5, 0.6) is 0 Å². The first-order valence-corrected chi connectivity index (χ1v) is 5.12. The van der Waals surface area contributed by atoms with Crippen molar-refractivity contribution < 1.29 is 5.11 Å². The summed E-state index contributed by atoms with van der Waals surface area (Å²) in [5, 5.41) is 12.6. The van der Waals surface area contributed by atoms with Crippen molar-refractivity contribution >= 4 is 11.4 Å². The lowest BCUT2D eigenvalue weighted by atomic mass is 10.1. The molecule has 0 saturated heterocycles. The van der Waals surface area contributed by atoms with E-state index < -0.39 is 6.23 Å². The Labute approximate surface area is 94.5 Å². The van der Waals surface area contributed by atoms with Crippen molar-refractivity contribution in [1.82, 2.24) is 0 Å². The van der Waals surface area contributed by atoms with E-state index >= 15 is 0 Å². The SMILES string of the molecule is NC(O)c1ccccc1Nc1ccccc1. The van der Waals surface area contributed by atoms with Gasteiger partial charge in [0.25, 0.3) is 0 Å². The van der Waals surface area contributed by atoms with Crippen molar-refractivity contribution in [3.8, 4) is 0 Å². The maximum absolute atomic E-state index is 9.42. The van der Waals surface area contributed by atoms with Gasteiger partial charge in [0.2, 0.25) is 0 Å². The summed E-state index contributed by atoms with van der Waals surface area (Å²) in [6.07, 6.45) is -0.965. The predicted octanol–water partition coefficient (Wildman–Crippen LogP) is 2.38. The third-order valence-electron chi connectivity index (χ3n) is 2.33. The largest absolute Gasteiger partial charge is 0.374 e. The van der Waals surface area contributed by atoms with Crippen LogP contribution >= 0.6 is 0 Å². The molecule has 3 heteroatoms. The van der Waals surface area contributed by atoms with E-state index in [4.69, 9.17) is 5.73 Å². The fourth-order valence-corrected chi connectivity index (χ4v) is 1.55. The molecule has 0 fully saturated rings. The van der Waals surface area contributed by atoms with Gasteiger partial charge in [-0.3, -0.25) is 0 Å². The Bertz CT molecular complexity index is 454. The second-order valence-corrected chi connectivity index (χ2v) is 3.52. The number of anilines is 2. The van der Waals surface area contributed by atoms with Gasteiger partial charge in [0.1, 0.15) is 6.23 Å². The number of aliphatic hydroxyl groups is 1. The quantitative estimate of drug-likeness (QED) is 0.687. The minimum atomic E-state index is -0.965. The highest BCUT2D eigenvalue weighted by Gasteiger charge is 2.06. The summed E-state index contributed by atoms with van der Waals surface area (Å²) in [4.78, 5) is 0. The first-order valence-electron chi connectivity index (χ1n) is 5.12. The fraction of sp³-hybridized carbons (Fsp3) is 0.0769. The van der Waals surface area contributed by atoms with Crippen LogP contribution in [0, 0.1) is 0 Å². The number of nitrogens with one attached hydrogen (secondary N) is 1. The minimum absolute atomic E-state index is 0.686. The molecule has 0 amide bonds. The molecular formula is C13H14N2O. The van der Waals surface area contributed by atoms with Crippen LogP contribution in [-0.2, 0) is 0 Å². The summed E-state index contributed by atoms with van der Waals surface area (Å²) in [6, 6.07) is 17.2. The van der Waals surface area contributed by atoms with E-state index in [1.54, 1.807) is 6.07 Å². The molecule has 0 aromatic heterocycles. The van der Waals surface area contributed by atoms with Gasteiger partial charge in [-0.1, -0.05) is 36.4 Å². The molecular weight excluding hydrogens is 200 g/mol. The van der Waals surface area contributed by atoms with Gasteiger partial charge in [-0.15, -0.1) is 0 Å². The van der Waals surface area contributed by atoms with E-state index in [0.29, 0.717) is 5.56 Å². The lowest BCUT2D eigenvalue weighted by Gasteiger charge is -2.13. The van der Waals surface area contributed by atoms with Crippen molar-refractivity contribution in [2.24, 2.45) is 5.73 Å². The molecule has 0 aliphatic rings. The second kappa shape index (κ2) is 4.79. The van der Waals surface area contributed by atoms with Crippen LogP contribution in [0.25, 0.3) is 0 Å². The van der Waals surface area contributed by atoms with Crippen molar-refractivity contribution in [3.05, 3.63) is 60.2 Å². The Hall–Kier alpha value is -1.84. The Morgan fingerprint density at radius 2 is 1.56 bits per heavy atom. The highest BCUT2D eigenvalue weighted by atomic mass is 16.3. The summed E-state index contributed by atoms with van der Waals surface area (Å²) in [5.74, 6) is 0. The highest BCUT2D eigenvalue weighted by molar-refractivity contribution is 5.63. The van der Waals surface area contributed by atoms with Crippen molar-refractivity contribution in [1.29, 1.82) is 0 Å². The maximum atomic E-state index is 9.42. The molecule has 2 aromatic rings. The number of rotatable bonds is 3. The van der Waals surface area contributed by atoms with Crippen LogP contribution in [0.15, 0.2) is 54.6 Å². The third kappa shape index (κ3) is 2.39. The molecule has 0 aliphatic carbocycles. The summed E-state index contributed by atoms with van der Waals surface area (Å²) < 4.78 is 0. The van der Waals surface area contributed by atoms with Gasteiger partial charge < -0.3 is 16.2 Å². The van der Waals surface area contributed by atoms with E-state index in [1.165, 1.54) is 0 Å². The van der Waals surface area contributed by atoms with Crippen LogP contribution < -0.4 is 11.1 Å². The van der Waals surface area contributed by atoms with Gasteiger partial charge in [0.05, 0.1) is 0 Å². The minimum Gasteiger partial charge on any atom is -0.374 e. The molecule has 0 aliphatic heterocycles. The van der Waals surface area contributed by atoms with E-state index in [-0.39, 0.29) is 0 Å². The van der Waals surface area contributed by atoms with Gasteiger partial charge in [-0.2, -0.15) is 0 Å². The van der Waals surface area contributed by atoms with Gasteiger partial charge >= 0.3 is 0 Å². The maximum Gasteiger partial charge on any atom is 0.130 e. The number of benzene rings is 2. The van der Waals surface area contributed by atoms with Crippen LogP contribution in [-0.4, -0.2) is 5.11 Å². The van der Waals surface area contributed by atoms with Crippen molar-refractivity contribution in [3.63, 3.8) is 0 Å². The molecule has 0 heterocycles. The third-order valence-corrected chi connectivity index (χ3v) is 2.33. The fourth-order valence-electron chi connectivity index (χ4n) is 1.55. The number of aliphatic hydroxyl groups excluding tert-OH is 1. The zero-order valence-electron chi connectivity index (χ0n) is 8.80. The Kier molecular flexibility index (Phi) is 3.19. The summed E-state index contributed by atoms with van der Waals surface area (Å²) in [5.41, 5.74) is 7.96. The Morgan fingerprint density at radius 1 is 0.938 bits per heavy atom. The molecule has 16 heavy (non-hydrogen) atoms. The normalized spacial score (nSPS) is 12.1. The summed E-state index contributed by atoms with van der Waals surface area (Å²) >= 11 is 0. The molecule has 1 unspecified atom stereocenters. The average molecular weight is 214 g/mol. The lowest BCUT2D eigenvalue weighted by Crippen LogP contribution is -2.10. The summed E-state index contributed by atoms with van der Waals surface area (Å²) in [6.45, 7) is 0. The number of nitrogens with two attached hydrogens (primary N) is 1. The van der Waals surface area contributed by atoms with Gasteiger partial charge in [-0.25, -0.2) is 0 Å². The smallest absolute Gasteiger partial charge is 0.130 e. The molecule has 1 atom stereocenters. The monoisotopic (exact) mass is 214 g/mol. The van der Waals surface area contributed by atoms with E-state index in [9.17, 15) is 5.11 Å². The van der Waals surface area contributed by atoms with Gasteiger partial charge in [-0.05, 0) is 18.2 Å². The van der Waals surface area contributed by atoms with Crippen LogP contribution in [0.4, 0.5) is 11.4 Å². The molecule has 0 radical (unpaired) electrons. The first kappa shape index (κ1) is 10.7. The van der Waals surface area contributed by atoms with Crippen LogP contribution in [0.2, 0.25) is 0 Å². The topological polar surface area (TPSA) is 58.3 Å². The van der Waals surface area contributed by atoms with E-state index in [0.717, 1.165) is 11.4 Å². The van der Waals surface area contributed by atoms with E-state index in [1.807, 2.05) is 48.5 Å². The molecule has 2 aromatic carbocycles.